The first-order valence-electron chi connectivity index (χ1n) is 4.25. The Balaban J connectivity index is 2.58. The van der Waals surface area contributed by atoms with Crippen molar-refractivity contribution in [3.05, 3.63) is 35.9 Å². The lowest BCUT2D eigenvalue weighted by Crippen LogP contribution is -2.06. The summed E-state index contributed by atoms with van der Waals surface area (Å²) in [5.41, 5.74) is 5.09. The molecule has 2 aromatic heterocycles. The van der Waals surface area contributed by atoms with Crippen molar-refractivity contribution in [1.82, 2.24) is 9.38 Å². The summed E-state index contributed by atoms with van der Waals surface area (Å²) >= 11 is 0. The number of alkyl halides is 3. The number of aromatic nitrogens is 2. The highest BCUT2D eigenvalue weighted by Gasteiger charge is 2.30. The highest BCUT2D eigenvalue weighted by molar-refractivity contribution is 5.49. The second-order valence-electron chi connectivity index (χ2n) is 3.09. The van der Waals surface area contributed by atoms with E-state index in [1.165, 1.54) is 16.8 Å². The van der Waals surface area contributed by atoms with E-state index in [9.17, 15) is 13.2 Å². The van der Waals surface area contributed by atoms with Gasteiger partial charge in [-0.15, -0.1) is 0 Å². The van der Waals surface area contributed by atoms with Crippen molar-refractivity contribution in [3.63, 3.8) is 0 Å². The Kier molecular flexibility index (Phi) is 2.15. The van der Waals surface area contributed by atoms with Gasteiger partial charge in [-0.1, -0.05) is 0 Å². The Bertz CT molecular complexity index is 487. The number of hydrogen-bond donors (Lipinski definition) is 1. The minimum atomic E-state index is -4.32. The lowest BCUT2D eigenvalue weighted by molar-refractivity contribution is -0.137. The summed E-state index contributed by atoms with van der Waals surface area (Å²) in [4.78, 5) is 3.91. The molecule has 0 aliphatic rings. The highest BCUT2D eigenvalue weighted by Crippen LogP contribution is 2.29. The monoisotopic (exact) mass is 215 g/mol. The molecule has 2 aromatic rings. The topological polar surface area (TPSA) is 43.3 Å². The summed E-state index contributed by atoms with van der Waals surface area (Å²) in [6.45, 7) is 0.194. The molecule has 0 spiro atoms. The van der Waals surface area contributed by atoms with Gasteiger partial charge in [0.05, 0.1) is 23.8 Å². The van der Waals surface area contributed by atoms with E-state index in [1.807, 2.05) is 0 Å². The molecule has 0 bridgehead atoms. The van der Waals surface area contributed by atoms with E-state index in [0.717, 1.165) is 12.1 Å². The summed E-state index contributed by atoms with van der Waals surface area (Å²) in [5.74, 6) is 0.540. The van der Waals surface area contributed by atoms with Crippen LogP contribution in [0.3, 0.4) is 0 Å². The minimum Gasteiger partial charge on any atom is -0.324 e. The number of rotatable bonds is 1. The Morgan fingerprint density at radius 2 is 2.13 bits per heavy atom. The van der Waals surface area contributed by atoms with Crippen LogP contribution in [0.15, 0.2) is 24.5 Å². The van der Waals surface area contributed by atoms with E-state index < -0.39 is 11.7 Å². The van der Waals surface area contributed by atoms with Crippen molar-refractivity contribution in [1.29, 1.82) is 0 Å². The average molecular weight is 215 g/mol. The van der Waals surface area contributed by atoms with Crippen LogP contribution >= 0.6 is 0 Å². The van der Waals surface area contributed by atoms with Gasteiger partial charge in [-0.3, -0.25) is 0 Å². The first-order chi connectivity index (χ1) is 7.02. The number of fused-ring (bicyclic) bond motifs is 1. The molecular weight excluding hydrogens is 207 g/mol. The van der Waals surface area contributed by atoms with Gasteiger partial charge in [0.2, 0.25) is 0 Å². The zero-order valence-corrected chi connectivity index (χ0v) is 7.62. The summed E-state index contributed by atoms with van der Waals surface area (Å²) in [6.07, 6.45) is -1.63. The molecule has 15 heavy (non-hydrogen) atoms. The van der Waals surface area contributed by atoms with Gasteiger partial charge in [0.25, 0.3) is 0 Å². The van der Waals surface area contributed by atoms with Crippen LogP contribution < -0.4 is 5.73 Å². The van der Waals surface area contributed by atoms with Crippen LogP contribution in [0.5, 0.6) is 0 Å². The molecule has 0 amide bonds. The Morgan fingerprint density at radius 3 is 2.73 bits per heavy atom. The summed E-state index contributed by atoms with van der Waals surface area (Å²) in [7, 11) is 0. The van der Waals surface area contributed by atoms with E-state index in [-0.39, 0.29) is 6.54 Å². The van der Waals surface area contributed by atoms with Gasteiger partial charge in [0.1, 0.15) is 5.82 Å². The molecule has 0 saturated heterocycles. The molecule has 0 atom stereocenters. The third-order valence-corrected chi connectivity index (χ3v) is 2.12. The second-order valence-corrected chi connectivity index (χ2v) is 3.09. The molecule has 2 N–H and O–H groups in total. The van der Waals surface area contributed by atoms with Crippen LogP contribution in [0.1, 0.15) is 11.4 Å². The Hall–Kier alpha value is -1.56. The minimum absolute atomic E-state index is 0.194. The molecule has 3 nitrogen and oxygen atoms in total. The highest BCUT2D eigenvalue weighted by atomic mass is 19.4. The zero-order valence-electron chi connectivity index (χ0n) is 7.62. The Morgan fingerprint density at radius 1 is 1.40 bits per heavy atom. The maximum atomic E-state index is 12.4. The zero-order chi connectivity index (χ0) is 11.1. The van der Waals surface area contributed by atoms with Crippen LogP contribution in [-0.2, 0) is 12.7 Å². The smallest absolute Gasteiger partial charge is 0.324 e. The number of pyridine rings is 1. The molecular formula is C9H8F3N3. The van der Waals surface area contributed by atoms with Gasteiger partial charge < -0.3 is 10.1 Å². The average Bonchev–Trinajstić information content (AvgIpc) is 2.58. The van der Waals surface area contributed by atoms with Gasteiger partial charge in [-0.2, -0.15) is 13.2 Å². The fourth-order valence-corrected chi connectivity index (χ4v) is 1.38. The van der Waals surface area contributed by atoms with Gasteiger partial charge in [0.15, 0.2) is 0 Å². The van der Waals surface area contributed by atoms with Gasteiger partial charge in [-0.05, 0) is 12.1 Å². The van der Waals surface area contributed by atoms with Crippen LogP contribution in [0.4, 0.5) is 13.2 Å². The number of nitrogens with two attached hydrogens (primary N) is 1. The lowest BCUT2D eigenvalue weighted by atomic mass is 10.2. The molecule has 2 heterocycles. The van der Waals surface area contributed by atoms with E-state index in [4.69, 9.17) is 5.73 Å². The third-order valence-electron chi connectivity index (χ3n) is 2.12. The van der Waals surface area contributed by atoms with Crippen LogP contribution in [0, 0.1) is 0 Å². The predicted octanol–water partition coefficient (Wildman–Crippen LogP) is 1.81. The molecule has 0 unspecified atom stereocenters. The molecule has 2 rings (SSSR count). The predicted molar refractivity (Wildman–Crippen MR) is 48.1 cm³/mol. The number of imidazole rings is 1. The quantitative estimate of drug-likeness (QED) is 0.788. The number of hydrogen-bond acceptors (Lipinski definition) is 2. The molecule has 0 aliphatic heterocycles. The fraction of sp³-hybridized carbons (Fsp3) is 0.222. The van der Waals surface area contributed by atoms with Crippen molar-refractivity contribution >= 4 is 5.52 Å². The number of halogens is 3. The number of nitrogens with zero attached hydrogens (tertiary/aromatic N) is 2. The molecule has 6 heteroatoms. The maximum absolute atomic E-state index is 12.4. The Labute approximate surface area is 83.3 Å². The van der Waals surface area contributed by atoms with E-state index in [0.29, 0.717) is 11.3 Å². The first-order valence-corrected chi connectivity index (χ1v) is 4.25. The SMILES string of the molecule is NCc1ncc2cc(C(F)(F)F)ccn12. The van der Waals surface area contributed by atoms with Crippen molar-refractivity contribution in [2.75, 3.05) is 0 Å². The van der Waals surface area contributed by atoms with Gasteiger partial charge in [0, 0.05) is 6.20 Å². The van der Waals surface area contributed by atoms with E-state index >= 15 is 0 Å². The van der Waals surface area contributed by atoms with Gasteiger partial charge in [-0.25, -0.2) is 4.98 Å². The summed E-state index contributed by atoms with van der Waals surface area (Å²) < 4.78 is 38.6. The third kappa shape index (κ3) is 1.68. The standard InChI is InChI=1S/C9H8F3N3/c10-9(11,12)6-1-2-15-7(3-6)5-14-8(15)4-13/h1-3,5H,4,13H2. The maximum Gasteiger partial charge on any atom is 0.416 e. The first kappa shape index (κ1) is 9.97. The fourth-order valence-electron chi connectivity index (χ4n) is 1.38. The van der Waals surface area contributed by atoms with Crippen LogP contribution in [0.25, 0.3) is 5.52 Å². The van der Waals surface area contributed by atoms with Crippen molar-refractivity contribution < 1.29 is 13.2 Å². The van der Waals surface area contributed by atoms with Crippen molar-refractivity contribution in [2.24, 2.45) is 5.73 Å². The second kappa shape index (κ2) is 3.23. The molecule has 0 saturated carbocycles. The van der Waals surface area contributed by atoms with E-state index in [2.05, 4.69) is 4.98 Å². The molecule has 0 fully saturated rings. The normalized spacial score (nSPS) is 12.3. The lowest BCUT2D eigenvalue weighted by Gasteiger charge is -2.06. The molecule has 0 radical (unpaired) electrons. The summed E-state index contributed by atoms with van der Waals surface area (Å²) in [6, 6.07) is 2.06. The van der Waals surface area contributed by atoms with Gasteiger partial charge >= 0.3 is 6.18 Å². The molecule has 0 aliphatic carbocycles. The van der Waals surface area contributed by atoms with Crippen LogP contribution in [0.2, 0.25) is 0 Å². The van der Waals surface area contributed by atoms with E-state index in [1.54, 1.807) is 0 Å². The van der Waals surface area contributed by atoms with Crippen molar-refractivity contribution in [2.45, 2.75) is 12.7 Å². The summed E-state index contributed by atoms with van der Waals surface area (Å²) in [5, 5.41) is 0. The van der Waals surface area contributed by atoms with Crippen LogP contribution in [-0.4, -0.2) is 9.38 Å². The largest absolute Gasteiger partial charge is 0.416 e. The molecule has 0 aromatic carbocycles. The van der Waals surface area contributed by atoms with Crippen molar-refractivity contribution in [3.8, 4) is 0 Å². The molecule has 80 valence electrons.